The Hall–Kier alpha value is -2.38. The first-order valence-corrected chi connectivity index (χ1v) is 11.3. The molecule has 0 radical (unpaired) electrons. The molecular weight excluding hydrogens is 430 g/mol. The summed E-state index contributed by atoms with van der Waals surface area (Å²) < 4.78 is 0. The molecule has 1 saturated heterocycles. The van der Waals surface area contributed by atoms with E-state index in [1.54, 1.807) is 0 Å². The van der Waals surface area contributed by atoms with Crippen molar-refractivity contribution < 1.29 is 34.2 Å². The Kier molecular flexibility index (Phi) is 11.9. The first-order chi connectivity index (χ1) is 14.7. The van der Waals surface area contributed by atoms with Gasteiger partial charge in [-0.2, -0.15) is 11.8 Å². The molecule has 8 N–H and O–H groups in total. The normalized spacial score (nSPS) is 18.5. The third-order valence-electron chi connectivity index (χ3n) is 4.73. The Labute approximate surface area is 184 Å². The average molecular weight is 462 g/mol. The molecule has 0 bridgehead atoms. The molecule has 176 valence electrons. The molecule has 0 aromatic carbocycles. The van der Waals surface area contributed by atoms with Crippen molar-refractivity contribution >= 4 is 41.4 Å². The van der Waals surface area contributed by atoms with Crippen LogP contribution in [0, 0.1) is 0 Å². The second-order valence-corrected chi connectivity index (χ2v) is 8.13. The van der Waals surface area contributed by atoms with Gasteiger partial charge in [-0.25, -0.2) is 4.79 Å². The van der Waals surface area contributed by atoms with Gasteiger partial charge in [-0.05, 0) is 44.2 Å². The van der Waals surface area contributed by atoms with Gasteiger partial charge in [0.05, 0.1) is 12.6 Å². The van der Waals surface area contributed by atoms with E-state index < -0.39 is 48.4 Å². The van der Waals surface area contributed by atoms with Crippen LogP contribution in [0.3, 0.4) is 0 Å². The summed E-state index contributed by atoms with van der Waals surface area (Å²) in [5, 5.41) is 28.4. The number of aliphatic hydroxyl groups excluding tert-OH is 1. The maximum absolute atomic E-state index is 12.8. The topological polar surface area (TPSA) is 200 Å². The number of amides is 4. The van der Waals surface area contributed by atoms with Crippen LogP contribution in [-0.2, 0) is 24.0 Å². The first kappa shape index (κ1) is 26.7. The van der Waals surface area contributed by atoms with Gasteiger partial charge >= 0.3 is 5.97 Å². The Morgan fingerprint density at radius 1 is 1.06 bits per heavy atom. The Balaban J connectivity index is 2.87. The molecule has 1 heterocycles. The minimum Gasteiger partial charge on any atom is -0.480 e. The van der Waals surface area contributed by atoms with Gasteiger partial charge in [0, 0.05) is 6.42 Å². The molecule has 4 atom stereocenters. The van der Waals surface area contributed by atoms with E-state index in [1.165, 1.54) is 11.8 Å². The van der Waals surface area contributed by atoms with Crippen LogP contribution < -0.4 is 27.0 Å². The van der Waals surface area contributed by atoms with Crippen LogP contribution in [-0.4, -0.2) is 89.1 Å². The fraction of sp³-hybridized carbons (Fsp3) is 0.722. The minimum atomic E-state index is -1.57. The minimum absolute atomic E-state index is 0.169. The molecule has 0 aromatic rings. The van der Waals surface area contributed by atoms with E-state index in [9.17, 15) is 24.0 Å². The molecule has 0 aliphatic carbocycles. The Bertz CT molecular complexity index is 657. The molecule has 1 fully saturated rings. The van der Waals surface area contributed by atoms with E-state index in [1.807, 2.05) is 6.26 Å². The standard InChI is InChI=1S/C18H31N5O7S/c1-31-8-6-12(22-15(26)10-3-2-7-20-10)17(28)21-11(4-5-14(19)25)16(27)23-13(9-24)18(29)30/h10-13,20,24H,2-9H2,1H3,(H2,19,25)(H,21,28)(H,22,26)(H,23,27)(H,29,30). The van der Waals surface area contributed by atoms with Gasteiger partial charge in [0.15, 0.2) is 0 Å². The number of carboxylic acid groups (broad SMARTS) is 1. The fourth-order valence-corrected chi connectivity index (χ4v) is 3.44. The lowest BCUT2D eigenvalue weighted by molar-refractivity contribution is -0.143. The first-order valence-electron chi connectivity index (χ1n) is 9.95. The number of hydrogen-bond donors (Lipinski definition) is 7. The number of primary amides is 1. The van der Waals surface area contributed by atoms with Crippen LogP contribution in [0.25, 0.3) is 0 Å². The quantitative estimate of drug-likeness (QED) is 0.144. The third-order valence-corrected chi connectivity index (χ3v) is 5.37. The molecule has 4 amide bonds. The van der Waals surface area contributed by atoms with Crippen LogP contribution in [0.2, 0.25) is 0 Å². The van der Waals surface area contributed by atoms with E-state index in [0.717, 1.165) is 6.42 Å². The van der Waals surface area contributed by atoms with Gasteiger partial charge in [0.25, 0.3) is 0 Å². The monoisotopic (exact) mass is 461 g/mol. The van der Waals surface area contributed by atoms with Crippen LogP contribution in [0.5, 0.6) is 0 Å². The van der Waals surface area contributed by atoms with Crippen molar-refractivity contribution in [3.05, 3.63) is 0 Å². The predicted molar refractivity (Wildman–Crippen MR) is 113 cm³/mol. The van der Waals surface area contributed by atoms with Gasteiger partial charge in [-0.3, -0.25) is 19.2 Å². The number of aliphatic hydroxyl groups is 1. The summed E-state index contributed by atoms with van der Waals surface area (Å²) in [7, 11) is 0. The van der Waals surface area contributed by atoms with E-state index in [4.69, 9.17) is 15.9 Å². The van der Waals surface area contributed by atoms with E-state index >= 15 is 0 Å². The van der Waals surface area contributed by atoms with Crippen LogP contribution in [0.4, 0.5) is 0 Å². The van der Waals surface area contributed by atoms with E-state index in [-0.39, 0.29) is 24.8 Å². The lowest BCUT2D eigenvalue weighted by Crippen LogP contribution is -2.57. The Morgan fingerprint density at radius 2 is 1.68 bits per heavy atom. The highest BCUT2D eigenvalue weighted by atomic mass is 32.2. The number of carbonyl (C=O) groups is 5. The van der Waals surface area contributed by atoms with Crippen molar-refractivity contribution in [1.82, 2.24) is 21.3 Å². The lowest BCUT2D eigenvalue weighted by atomic mass is 10.1. The Morgan fingerprint density at radius 3 is 2.16 bits per heavy atom. The summed E-state index contributed by atoms with van der Waals surface area (Å²) in [6.07, 6.45) is 3.26. The van der Waals surface area contributed by atoms with Gasteiger partial charge in [0.1, 0.15) is 18.1 Å². The highest BCUT2D eigenvalue weighted by molar-refractivity contribution is 7.98. The SMILES string of the molecule is CSCCC(NC(=O)C1CCCN1)C(=O)NC(CCC(N)=O)C(=O)NC(CO)C(=O)O. The number of aliphatic carboxylic acids is 1. The molecule has 0 spiro atoms. The molecule has 1 aliphatic rings. The molecule has 1 rings (SSSR count). The number of nitrogens with one attached hydrogen (secondary N) is 4. The van der Waals surface area contributed by atoms with E-state index in [2.05, 4.69) is 21.3 Å². The summed E-state index contributed by atoms with van der Waals surface area (Å²) in [5.41, 5.74) is 5.12. The van der Waals surface area contributed by atoms with Crippen LogP contribution in [0.1, 0.15) is 32.1 Å². The molecular formula is C18H31N5O7S. The molecule has 4 unspecified atom stereocenters. The maximum Gasteiger partial charge on any atom is 0.328 e. The van der Waals surface area contributed by atoms with E-state index in [0.29, 0.717) is 25.1 Å². The zero-order chi connectivity index (χ0) is 23.4. The molecule has 31 heavy (non-hydrogen) atoms. The number of thioether (sulfide) groups is 1. The van der Waals surface area contributed by atoms with Crippen molar-refractivity contribution in [2.75, 3.05) is 25.2 Å². The average Bonchev–Trinajstić information content (AvgIpc) is 3.26. The number of hydrogen-bond acceptors (Lipinski definition) is 8. The zero-order valence-corrected chi connectivity index (χ0v) is 18.2. The predicted octanol–water partition coefficient (Wildman–Crippen LogP) is -2.71. The zero-order valence-electron chi connectivity index (χ0n) is 17.4. The summed E-state index contributed by atoms with van der Waals surface area (Å²) in [5.74, 6) is -3.43. The van der Waals surface area contributed by atoms with Crippen molar-refractivity contribution in [1.29, 1.82) is 0 Å². The number of carboxylic acids is 1. The van der Waals surface area contributed by atoms with Gasteiger partial charge in [-0.1, -0.05) is 0 Å². The molecule has 13 heteroatoms. The third kappa shape index (κ3) is 9.53. The summed E-state index contributed by atoms with van der Waals surface area (Å²) in [4.78, 5) is 59.9. The number of nitrogens with two attached hydrogens (primary N) is 1. The van der Waals surface area contributed by atoms with Crippen molar-refractivity contribution in [2.45, 2.75) is 56.3 Å². The molecule has 0 aromatic heterocycles. The summed E-state index contributed by atoms with van der Waals surface area (Å²) in [6, 6.07) is -4.15. The van der Waals surface area contributed by atoms with Crippen molar-refractivity contribution in [2.24, 2.45) is 5.73 Å². The fourth-order valence-electron chi connectivity index (χ4n) is 2.97. The molecule has 0 saturated carbocycles. The largest absolute Gasteiger partial charge is 0.480 e. The second-order valence-electron chi connectivity index (χ2n) is 7.14. The van der Waals surface area contributed by atoms with Crippen molar-refractivity contribution in [3.63, 3.8) is 0 Å². The number of rotatable bonds is 14. The smallest absolute Gasteiger partial charge is 0.328 e. The second kappa shape index (κ2) is 13.8. The maximum atomic E-state index is 12.8. The summed E-state index contributed by atoms with van der Waals surface area (Å²) in [6.45, 7) is -0.136. The van der Waals surface area contributed by atoms with Gasteiger partial charge in [-0.15, -0.1) is 0 Å². The summed E-state index contributed by atoms with van der Waals surface area (Å²) >= 11 is 1.48. The van der Waals surface area contributed by atoms with Gasteiger partial charge in [0.2, 0.25) is 23.6 Å². The van der Waals surface area contributed by atoms with Gasteiger partial charge < -0.3 is 37.2 Å². The lowest BCUT2D eigenvalue weighted by Gasteiger charge is -2.24. The van der Waals surface area contributed by atoms with Crippen LogP contribution >= 0.6 is 11.8 Å². The van der Waals surface area contributed by atoms with Crippen molar-refractivity contribution in [3.8, 4) is 0 Å². The molecule has 12 nitrogen and oxygen atoms in total. The highest BCUT2D eigenvalue weighted by Gasteiger charge is 2.31. The molecule has 1 aliphatic heterocycles. The highest BCUT2D eigenvalue weighted by Crippen LogP contribution is 2.08. The van der Waals surface area contributed by atoms with Crippen LogP contribution in [0.15, 0.2) is 0 Å². The number of carbonyl (C=O) groups excluding carboxylic acids is 4.